The van der Waals surface area contributed by atoms with Gasteiger partial charge >= 0.3 is 5.97 Å². The Labute approximate surface area is 85.7 Å². The number of hydrogen-bond donors (Lipinski definition) is 0. The van der Waals surface area contributed by atoms with Crippen molar-refractivity contribution in [1.82, 2.24) is 5.06 Å². The highest BCUT2D eigenvalue weighted by Gasteiger charge is 2.15. The monoisotopic (exact) mass is 197 g/mol. The summed E-state index contributed by atoms with van der Waals surface area (Å²) in [5.41, 5.74) is 0. The fourth-order valence-electron chi connectivity index (χ4n) is 1.53. The van der Waals surface area contributed by atoms with Crippen LogP contribution in [0.5, 0.6) is 0 Å². The van der Waals surface area contributed by atoms with Gasteiger partial charge in [0.25, 0.3) is 0 Å². The minimum Gasteiger partial charge on any atom is -0.368 e. The lowest BCUT2D eigenvalue weighted by Gasteiger charge is -2.13. The molecule has 0 aromatic carbocycles. The number of rotatable bonds is 6. The fourth-order valence-corrected chi connectivity index (χ4v) is 1.53. The number of carbonyl (C=O) groups excluding carboxylic acids is 1. The molecule has 0 spiro atoms. The van der Waals surface area contributed by atoms with Crippen LogP contribution in [-0.2, 0) is 9.63 Å². The van der Waals surface area contributed by atoms with Crippen LogP contribution in [0, 0.1) is 0 Å². The maximum absolute atomic E-state index is 11.3. The van der Waals surface area contributed by atoms with Gasteiger partial charge in [0.15, 0.2) is 0 Å². The van der Waals surface area contributed by atoms with Crippen LogP contribution in [0.3, 0.4) is 0 Å². The van der Waals surface area contributed by atoms with Gasteiger partial charge in [0.05, 0.1) is 0 Å². The smallest absolute Gasteiger partial charge is 0.325 e. The minimum absolute atomic E-state index is 0.0871. The Hall–Kier alpha value is -0.830. The second-order valence-electron chi connectivity index (χ2n) is 3.63. The number of carbonyl (C=O) groups is 1. The van der Waals surface area contributed by atoms with E-state index >= 15 is 0 Å². The Balaban J connectivity index is 2.00. The Morgan fingerprint density at radius 1 is 1.36 bits per heavy atom. The van der Waals surface area contributed by atoms with E-state index in [1.165, 1.54) is 0 Å². The van der Waals surface area contributed by atoms with Gasteiger partial charge in [0, 0.05) is 19.5 Å². The van der Waals surface area contributed by atoms with Crippen LogP contribution in [0.1, 0.15) is 38.5 Å². The average molecular weight is 197 g/mol. The third kappa shape index (κ3) is 4.42. The fraction of sp³-hybridized carbons (Fsp3) is 0.727. The van der Waals surface area contributed by atoms with E-state index in [4.69, 9.17) is 4.84 Å². The summed E-state index contributed by atoms with van der Waals surface area (Å²) in [5, 5.41) is 1.77. The summed E-state index contributed by atoms with van der Waals surface area (Å²) in [6.07, 6.45) is 7.61. The molecule has 0 saturated carbocycles. The van der Waals surface area contributed by atoms with Crippen molar-refractivity contribution in [3.05, 3.63) is 12.7 Å². The van der Waals surface area contributed by atoms with E-state index in [-0.39, 0.29) is 5.97 Å². The van der Waals surface area contributed by atoms with Crippen LogP contribution >= 0.6 is 0 Å². The zero-order valence-electron chi connectivity index (χ0n) is 8.71. The second-order valence-corrected chi connectivity index (χ2v) is 3.63. The van der Waals surface area contributed by atoms with Crippen LogP contribution in [-0.4, -0.2) is 24.1 Å². The Bertz CT molecular complexity index is 186. The maximum Gasteiger partial charge on any atom is 0.325 e. The molecule has 80 valence electrons. The first-order valence-electron chi connectivity index (χ1n) is 5.39. The van der Waals surface area contributed by atoms with Gasteiger partial charge in [-0.05, 0) is 32.1 Å². The van der Waals surface area contributed by atoms with Crippen molar-refractivity contribution >= 4 is 5.97 Å². The second kappa shape index (κ2) is 6.60. The Morgan fingerprint density at radius 2 is 2.07 bits per heavy atom. The molecular formula is C11H19NO2. The Morgan fingerprint density at radius 3 is 2.71 bits per heavy atom. The van der Waals surface area contributed by atoms with E-state index in [0.717, 1.165) is 45.2 Å². The van der Waals surface area contributed by atoms with E-state index in [9.17, 15) is 4.79 Å². The lowest BCUT2D eigenvalue weighted by Crippen LogP contribution is -2.23. The van der Waals surface area contributed by atoms with Crippen LogP contribution in [0.2, 0.25) is 0 Å². The molecule has 1 aliphatic rings. The largest absolute Gasteiger partial charge is 0.368 e. The standard InChI is InChI=1S/C11H19NO2/c1-2-3-4-5-8-11(13)14-12-9-6-7-10-12/h2H,1,3-10H2. The van der Waals surface area contributed by atoms with Crippen molar-refractivity contribution in [3.63, 3.8) is 0 Å². The number of allylic oxidation sites excluding steroid dienone is 1. The normalized spacial score (nSPS) is 16.9. The molecular weight excluding hydrogens is 178 g/mol. The van der Waals surface area contributed by atoms with E-state index in [2.05, 4.69) is 6.58 Å². The molecule has 0 radical (unpaired) electrons. The maximum atomic E-state index is 11.3. The molecule has 0 unspecified atom stereocenters. The molecule has 0 bridgehead atoms. The highest BCUT2D eigenvalue weighted by molar-refractivity contribution is 5.68. The van der Waals surface area contributed by atoms with Crippen molar-refractivity contribution in [1.29, 1.82) is 0 Å². The SMILES string of the molecule is C=CCCCCC(=O)ON1CCCC1. The average Bonchev–Trinajstić information content (AvgIpc) is 2.65. The molecule has 1 heterocycles. The molecule has 3 nitrogen and oxygen atoms in total. The molecule has 0 atom stereocenters. The third-order valence-electron chi connectivity index (χ3n) is 2.34. The highest BCUT2D eigenvalue weighted by atomic mass is 16.7. The van der Waals surface area contributed by atoms with Crippen LogP contribution in [0.4, 0.5) is 0 Å². The zero-order valence-corrected chi connectivity index (χ0v) is 8.71. The van der Waals surface area contributed by atoms with Crippen molar-refractivity contribution in [3.8, 4) is 0 Å². The highest BCUT2D eigenvalue weighted by Crippen LogP contribution is 2.09. The molecule has 1 rings (SSSR count). The van der Waals surface area contributed by atoms with Gasteiger partial charge in [-0.2, -0.15) is 0 Å². The van der Waals surface area contributed by atoms with E-state index in [1.807, 2.05) is 6.08 Å². The molecule has 0 aliphatic carbocycles. The topological polar surface area (TPSA) is 29.5 Å². The number of hydroxylamine groups is 2. The molecule has 3 heteroatoms. The minimum atomic E-state index is -0.0871. The van der Waals surface area contributed by atoms with E-state index in [0.29, 0.717) is 6.42 Å². The zero-order chi connectivity index (χ0) is 10.2. The summed E-state index contributed by atoms with van der Waals surface area (Å²) in [6.45, 7) is 5.44. The molecule has 0 N–H and O–H groups in total. The first kappa shape index (κ1) is 11.2. The molecule has 1 aliphatic heterocycles. The first-order chi connectivity index (χ1) is 6.83. The molecule has 14 heavy (non-hydrogen) atoms. The van der Waals surface area contributed by atoms with Crippen molar-refractivity contribution in [2.75, 3.05) is 13.1 Å². The number of hydrogen-bond acceptors (Lipinski definition) is 3. The van der Waals surface area contributed by atoms with Gasteiger partial charge in [-0.3, -0.25) is 4.79 Å². The summed E-state index contributed by atoms with van der Waals surface area (Å²) in [5.74, 6) is -0.0871. The van der Waals surface area contributed by atoms with Crippen LogP contribution in [0.25, 0.3) is 0 Å². The van der Waals surface area contributed by atoms with Gasteiger partial charge in [-0.25, -0.2) is 0 Å². The van der Waals surface area contributed by atoms with Gasteiger partial charge in [-0.15, -0.1) is 11.6 Å². The lowest BCUT2D eigenvalue weighted by atomic mass is 10.2. The van der Waals surface area contributed by atoms with Crippen molar-refractivity contribution in [2.24, 2.45) is 0 Å². The number of nitrogens with zero attached hydrogens (tertiary/aromatic N) is 1. The summed E-state index contributed by atoms with van der Waals surface area (Å²) < 4.78 is 0. The van der Waals surface area contributed by atoms with E-state index < -0.39 is 0 Å². The van der Waals surface area contributed by atoms with Gasteiger partial charge in [0.2, 0.25) is 0 Å². The predicted octanol–water partition coefficient (Wildman–Crippen LogP) is 2.29. The molecule has 0 aromatic rings. The summed E-state index contributed by atoms with van der Waals surface area (Å²) in [7, 11) is 0. The summed E-state index contributed by atoms with van der Waals surface area (Å²) >= 11 is 0. The quantitative estimate of drug-likeness (QED) is 0.483. The van der Waals surface area contributed by atoms with Gasteiger partial charge < -0.3 is 4.84 Å². The van der Waals surface area contributed by atoms with Crippen LogP contribution in [0.15, 0.2) is 12.7 Å². The number of unbranched alkanes of at least 4 members (excludes halogenated alkanes) is 2. The molecule has 1 saturated heterocycles. The molecule has 0 aromatic heterocycles. The van der Waals surface area contributed by atoms with Crippen LogP contribution < -0.4 is 0 Å². The van der Waals surface area contributed by atoms with Crippen molar-refractivity contribution in [2.45, 2.75) is 38.5 Å². The van der Waals surface area contributed by atoms with E-state index in [1.54, 1.807) is 5.06 Å². The third-order valence-corrected chi connectivity index (χ3v) is 2.34. The lowest BCUT2D eigenvalue weighted by molar-refractivity contribution is -0.185. The first-order valence-corrected chi connectivity index (χ1v) is 5.39. The summed E-state index contributed by atoms with van der Waals surface area (Å²) in [4.78, 5) is 16.4. The molecule has 1 fully saturated rings. The van der Waals surface area contributed by atoms with Gasteiger partial charge in [-0.1, -0.05) is 6.08 Å². The van der Waals surface area contributed by atoms with Crippen molar-refractivity contribution < 1.29 is 9.63 Å². The van der Waals surface area contributed by atoms with Gasteiger partial charge in [0.1, 0.15) is 0 Å². The summed E-state index contributed by atoms with van der Waals surface area (Å²) in [6, 6.07) is 0. The Kier molecular flexibility index (Phi) is 5.30. The molecule has 0 amide bonds. The predicted molar refractivity (Wildman–Crippen MR) is 55.6 cm³/mol.